The maximum atomic E-state index is 12.4. The number of nitrogens with two attached hydrogens (primary N) is 1. The Bertz CT molecular complexity index is 706. The number of piperazine rings is 1. The second-order valence-corrected chi connectivity index (χ2v) is 7.15. The lowest BCUT2D eigenvalue weighted by Crippen LogP contribution is -2.49. The average molecular weight is 454 g/mol. The van der Waals surface area contributed by atoms with Crippen molar-refractivity contribution in [2.45, 2.75) is 6.54 Å². The largest absolute Gasteiger partial charge is 0.492 e. The van der Waals surface area contributed by atoms with Gasteiger partial charge in [-0.15, -0.1) is 36.2 Å². The zero-order valence-corrected chi connectivity index (χ0v) is 17.9. The number of hydrogen-bond acceptors (Lipinski definition) is 6. The van der Waals surface area contributed by atoms with Gasteiger partial charge in [0.25, 0.3) is 5.91 Å². The molecule has 1 aliphatic rings. The van der Waals surface area contributed by atoms with Crippen molar-refractivity contribution in [1.82, 2.24) is 14.8 Å². The van der Waals surface area contributed by atoms with Crippen LogP contribution < -0.4 is 10.5 Å². The third-order valence-electron chi connectivity index (χ3n) is 4.09. The molecular formula is C17H23Cl3N4O2S. The molecule has 0 radical (unpaired) electrons. The van der Waals surface area contributed by atoms with E-state index in [1.165, 1.54) is 11.3 Å². The summed E-state index contributed by atoms with van der Waals surface area (Å²) in [6.07, 6.45) is 0. The molecule has 150 valence electrons. The van der Waals surface area contributed by atoms with Crippen molar-refractivity contribution in [2.24, 2.45) is 5.73 Å². The molecule has 0 atom stereocenters. The smallest absolute Gasteiger partial charge is 0.273 e. The van der Waals surface area contributed by atoms with E-state index in [-0.39, 0.29) is 30.7 Å². The number of carbonyl (C=O) groups is 1. The van der Waals surface area contributed by atoms with E-state index in [1.54, 1.807) is 5.38 Å². The first-order valence-corrected chi connectivity index (χ1v) is 9.46. The molecule has 1 amide bonds. The van der Waals surface area contributed by atoms with E-state index in [1.807, 2.05) is 29.2 Å². The fourth-order valence-corrected chi connectivity index (χ4v) is 3.44. The Balaban J connectivity index is 0.00000182. The number of amides is 1. The molecule has 1 fully saturated rings. The van der Waals surface area contributed by atoms with Crippen LogP contribution in [0.15, 0.2) is 29.6 Å². The van der Waals surface area contributed by atoms with Crippen molar-refractivity contribution in [1.29, 1.82) is 0 Å². The van der Waals surface area contributed by atoms with Gasteiger partial charge in [0, 0.05) is 49.7 Å². The maximum Gasteiger partial charge on any atom is 0.273 e. The molecule has 0 aliphatic carbocycles. The summed E-state index contributed by atoms with van der Waals surface area (Å²) >= 11 is 7.29. The quantitative estimate of drug-likeness (QED) is 0.728. The first-order chi connectivity index (χ1) is 12.2. The van der Waals surface area contributed by atoms with Crippen LogP contribution in [0, 0.1) is 0 Å². The third-order valence-corrected chi connectivity index (χ3v) is 5.22. The molecular weight excluding hydrogens is 431 g/mol. The molecule has 1 saturated heterocycles. The number of aromatic nitrogens is 1. The molecule has 0 saturated carbocycles. The van der Waals surface area contributed by atoms with Gasteiger partial charge in [-0.05, 0) is 24.3 Å². The standard InChI is InChI=1S/C17H21ClN4O2S.2ClH/c18-13-1-3-14(4-2-13)24-10-9-21-5-7-22(8-6-21)17(23)15-12-25-16(11-19)20-15;;/h1-4,12H,5-11,19H2;2*1H. The number of carbonyl (C=O) groups excluding carboxylic acids is 1. The van der Waals surface area contributed by atoms with Gasteiger partial charge in [0.1, 0.15) is 23.1 Å². The molecule has 27 heavy (non-hydrogen) atoms. The molecule has 2 heterocycles. The van der Waals surface area contributed by atoms with Crippen LogP contribution >= 0.6 is 47.8 Å². The molecule has 3 rings (SSSR count). The van der Waals surface area contributed by atoms with E-state index in [4.69, 9.17) is 22.1 Å². The lowest BCUT2D eigenvalue weighted by Gasteiger charge is -2.34. The van der Waals surface area contributed by atoms with Crippen LogP contribution in [0.2, 0.25) is 5.02 Å². The Hall–Kier alpha value is -1.09. The molecule has 1 aromatic carbocycles. The molecule has 0 spiro atoms. The average Bonchev–Trinajstić information content (AvgIpc) is 3.13. The molecule has 1 aromatic heterocycles. The molecule has 1 aliphatic heterocycles. The van der Waals surface area contributed by atoms with Crippen LogP contribution in [0.25, 0.3) is 0 Å². The minimum absolute atomic E-state index is 0. The predicted molar refractivity (Wildman–Crippen MR) is 114 cm³/mol. The lowest BCUT2D eigenvalue weighted by molar-refractivity contribution is 0.0615. The molecule has 2 N–H and O–H groups in total. The van der Waals surface area contributed by atoms with Crippen molar-refractivity contribution in [3.63, 3.8) is 0 Å². The highest BCUT2D eigenvalue weighted by Gasteiger charge is 2.23. The third kappa shape index (κ3) is 6.78. The molecule has 0 bridgehead atoms. The van der Waals surface area contributed by atoms with Crippen molar-refractivity contribution in [2.75, 3.05) is 39.3 Å². The highest BCUT2D eigenvalue weighted by Crippen LogP contribution is 2.16. The van der Waals surface area contributed by atoms with Gasteiger partial charge in [0.15, 0.2) is 0 Å². The normalized spacial score (nSPS) is 14.2. The van der Waals surface area contributed by atoms with E-state index in [0.717, 1.165) is 30.4 Å². The summed E-state index contributed by atoms with van der Waals surface area (Å²) in [6.45, 7) is 4.90. The van der Waals surface area contributed by atoms with Gasteiger partial charge in [0.05, 0.1) is 0 Å². The molecule has 10 heteroatoms. The lowest BCUT2D eigenvalue weighted by atomic mass is 10.3. The highest BCUT2D eigenvalue weighted by atomic mass is 35.5. The second kappa shape index (κ2) is 11.7. The van der Waals surface area contributed by atoms with Crippen LogP contribution in [0.5, 0.6) is 5.75 Å². The Morgan fingerprint density at radius 2 is 1.85 bits per heavy atom. The molecule has 6 nitrogen and oxygen atoms in total. The van der Waals surface area contributed by atoms with Gasteiger partial charge in [-0.3, -0.25) is 9.69 Å². The number of hydrogen-bond donors (Lipinski definition) is 1. The van der Waals surface area contributed by atoms with Crippen LogP contribution in [-0.4, -0.2) is 60.0 Å². The minimum Gasteiger partial charge on any atom is -0.492 e. The van der Waals surface area contributed by atoms with Crippen molar-refractivity contribution in [3.8, 4) is 5.75 Å². The fraction of sp³-hybridized carbons (Fsp3) is 0.412. The zero-order valence-electron chi connectivity index (χ0n) is 14.7. The van der Waals surface area contributed by atoms with Crippen LogP contribution in [0.3, 0.4) is 0 Å². The second-order valence-electron chi connectivity index (χ2n) is 5.77. The molecule has 0 unspecified atom stereocenters. The summed E-state index contributed by atoms with van der Waals surface area (Å²) in [7, 11) is 0. The first-order valence-electron chi connectivity index (χ1n) is 8.20. The fourth-order valence-electron chi connectivity index (χ4n) is 2.66. The Kier molecular flexibility index (Phi) is 10.4. The van der Waals surface area contributed by atoms with Crippen LogP contribution in [0.4, 0.5) is 0 Å². The van der Waals surface area contributed by atoms with Crippen molar-refractivity contribution in [3.05, 3.63) is 45.4 Å². The predicted octanol–water partition coefficient (Wildman–Crippen LogP) is 2.94. The van der Waals surface area contributed by atoms with Gasteiger partial charge < -0.3 is 15.4 Å². The highest BCUT2D eigenvalue weighted by molar-refractivity contribution is 7.09. The van der Waals surface area contributed by atoms with Crippen molar-refractivity contribution >= 4 is 53.7 Å². The molecule has 2 aromatic rings. The summed E-state index contributed by atoms with van der Waals surface area (Å²) < 4.78 is 5.72. The summed E-state index contributed by atoms with van der Waals surface area (Å²) in [5.41, 5.74) is 6.06. The van der Waals surface area contributed by atoms with Crippen molar-refractivity contribution < 1.29 is 9.53 Å². The minimum atomic E-state index is -0.00647. The van der Waals surface area contributed by atoms with E-state index < -0.39 is 0 Å². The van der Waals surface area contributed by atoms with Gasteiger partial charge >= 0.3 is 0 Å². The van der Waals surface area contributed by atoms with Gasteiger partial charge in [-0.1, -0.05) is 11.6 Å². The van der Waals surface area contributed by atoms with Crippen LogP contribution in [-0.2, 0) is 6.54 Å². The number of nitrogens with zero attached hydrogens (tertiary/aromatic N) is 3. The van der Waals surface area contributed by atoms with E-state index in [9.17, 15) is 4.79 Å². The van der Waals surface area contributed by atoms with E-state index in [2.05, 4.69) is 9.88 Å². The summed E-state index contributed by atoms with van der Waals surface area (Å²) in [5.74, 6) is 0.811. The monoisotopic (exact) mass is 452 g/mol. The Morgan fingerprint density at radius 1 is 1.19 bits per heavy atom. The number of rotatable bonds is 6. The Morgan fingerprint density at radius 3 is 2.44 bits per heavy atom. The summed E-state index contributed by atoms with van der Waals surface area (Å²) in [6, 6.07) is 7.36. The van der Waals surface area contributed by atoms with Crippen LogP contribution in [0.1, 0.15) is 15.5 Å². The number of benzene rings is 1. The SMILES string of the molecule is Cl.Cl.NCc1nc(C(=O)N2CCN(CCOc3ccc(Cl)cc3)CC2)cs1. The topological polar surface area (TPSA) is 71.7 Å². The summed E-state index contributed by atoms with van der Waals surface area (Å²) in [5, 5.41) is 3.28. The maximum absolute atomic E-state index is 12.4. The van der Waals surface area contributed by atoms with E-state index >= 15 is 0 Å². The van der Waals surface area contributed by atoms with E-state index in [0.29, 0.717) is 37.0 Å². The number of halogens is 3. The first kappa shape index (κ1) is 23.9. The van der Waals surface area contributed by atoms with Gasteiger partial charge in [-0.2, -0.15) is 0 Å². The summed E-state index contributed by atoms with van der Waals surface area (Å²) in [4.78, 5) is 20.9. The van der Waals surface area contributed by atoms with Gasteiger partial charge in [0.2, 0.25) is 0 Å². The van der Waals surface area contributed by atoms with Gasteiger partial charge in [-0.25, -0.2) is 4.98 Å². The zero-order chi connectivity index (χ0) is 17.6. The Labute approximate surface area is 180 Å². The number of ether oxygens (including phenoxy) is 1. The number of thiazole rings is 1.